The van der Waals surface area contributed by atoms with E-state index < -0.39 is 4.92 Å². The number of hydrogen-bond acceptors (Lipinski definition) is 6. The van der Waals surface area contributed by atoms with Crippen molar-refractivity contribution < 1.29 is 14.1 Å². The number of rotatable bonds is 9. The van der Waals surface area contributed by atoms with Crippen molar-refractivity contribution in [3.05, 3.63) is 57.2 Å². The molecule has 1 fully saturated rings. The smallest absolute Gasteiger partial charge is 0.269 e. The predicted molar refractivity (Wildman–Crippen MR) is 120 cm³/mol. The number of benzene rings is 1. The molecule has 0 aliphatic carbocycles. The first-order valence-electron chi connectivity index (χ1n) is 10.1. The number of thioether (sulfide) groups is 1. The van der Waals surface area contributed by atoms with Crippen molar-refractivity contribution in [3.63, 3.8) is 0 Å². The number of carbonyl (C=O) groups is 1. The number of furan rings is 1. The van der Waals surface area contributed by atoms with E-state index in [2.05, 4.69) is 18.8 Å². The van der Waals surface area contributed by atoms with E-state index in [1.54, 1.807) is 35.2 Å². The third-order valence-corrected chi connectivity index (χ3v) is 5.69. The molecule has 0 atom stereocenters. The van der Waals surface area contributed by atoms with Crippen LogP contribution in [0.25, 0.3) is 17.4 Å². The highest BCUT2D eigenvalue weighted by Crippen LogP contribution is 2.34. The van der Waals surface area contributed by atoms with Gasteiger partial charge >= 0.3 is 0 Å². The van der Waals surface area contributed by atoms with Gasteiger partial charge < -0.3 is 4.42 Å². The second kappa shape index (κ2) is 10.2. The van der Waals surface area contributed by atoms with Crippen molar-refractivity contribution in [2.75, 3.05) is 13.1 Å². The lowest BCUT2D eigenvalue weighted by Crippen LogP contribution is -2.30. The van der Waals surface area contributed by atoms with Gasteiger partial charge in [-0.15, -0.1) is 0 Å². The van der Waals surface area contributed by atoms with Crippen LogP contribution in [0.1, 0.15) is 45.3 Å². The number of nitrogens with zero attached hydrogens (tertiary/aromatic N) is 3. The molecule has 1 aromatic carbocycles. The average Bonchev–Trinajstić information content (AvgIpc) is 3.32. The van der Waals surface area contributed by atoms with Crippen molar-refractivity contribution in [2.45, 2.75) is 39.5 Å². The van der Waals surface area contributed by atoms with Crippen molar-refractivity contribution >= 4 is 34.6 Å². The van der Waals surface area contributed by atoms with Crippen LogP contribution < -0.4 is 0 Å². The number of aliphatic imine (C=N–C) groups is 1. The molecule has 8 heteroatoms. The van der Waals surface area contributed by atoms with Crippen LogP contribution in [0.15, 0.2) is 50.7 Å². The van der Waals surface area contributed by atoms with E-state index in [1.165, 1.54) is 23.9 Å². The molecule has 1 saturated heterocycles. The maximum absolute atomic E-state index is 12.9. The van der Waals surface area contributed by atoms with Gasteiger partial charge in [-0.25, -0.2) is 0 Å². The van der Waals surface area contributed by atoms with Gasteiger partial charge in [-0.2, -0.15) is 0 Å². The Morgan fingerprint density at radius 1 is 1.13 bits per heavy atom. The Morgan fingerprint density at radius 3 is 2.53 bits per heavy atom. The molecule has 1 aliphatic heterocycles. The van der Waals surface area contributed by atoms with Crippen LogP contribution in [-0.4, -0.2) is 34.0 Å². The monoisotopic (exact) mass is 427 g/mol. The summed E-state index contributed by atoms with van der Waals surface area (Å²) in [5.74, 6) is 1.10. The molecule has 0 saturated carbocycles. The summed E-state index contributed by atoms with van der Waals surface area (Å²) in [6, 6.07) is 9.76. The van der Waals surface area contributed by atoms with E-state index in [9.17, 15) is 14.9 Å². The zero-order valence-electron chi connectivity index (χ0n) is 17.2. The summed E-state index contributed by atoms with van der Waals surface area (Å²) in [6.45, 7) is 5.59. The Morgan fingerprint density at radius 2 is 1.87 bits per heavy atom. The molecule has 2 aromatic rings. The van der Waals surface area contributed by atoms with Crippen LogP contribution in [0.5, 0.6) is 0 Å². The highest BCUT2D eigenvalue weighted by atomic mass is 32.2. The molecule has 0 N–H and O–H groups in total. The molecular formula is C22H25N3O4S. The van der Waals surface area contributed by atoms with Gasteiger partial charge in [0.15, 0.2) is 5.17 Å². The van der Waals surface area contributed by atoms with Gasteiger partial charge in [0, 0.05) is 36.9 Å². The number of carbonyl (C=O) groups excluding carboxylic acids is 1. The van der Waals surface area contributed by atoms with Gasteiger partial charge in [-0.1, -0.05) is 26.7 Å². The lowest BCUT2D eigenvalue weighted by Gasteiger charge is -2.14. The van der Waals surface area contributed by atoms with Crippen molar-refractivity contribution in [1.29, 1.82) is 0 Å². The molecular weight excluding hydrogens is 402 g/mol. The highest BCUT2D eigenvalue weighted by molar-refractivity contribution is 8.18. The molecule has 3 rings (SSSR count). The molecule has 2 heterocycles. The summed E-state index contributed by atoms with van der Waals surface area (Å²) >= 11 is 1.39. The molecule has 0 radical (unpaired) electrons. The fourth-order valence-corrected chi connectivity index (χ4v) is 3.94. The zero-order chi connectivity index (χ0) is 21.5. The Hall–Kier alpha value is -2.87. The Kier molecular flexibility index (Phi) is 7.46. The number of hydrogen-bond donors (Lipinski definition) is 0. The Bertz CT molecular complexity index is 963. The fraction of sp³-hybridized carbons (Fsp3) is 0.364. The second-order valence-electron chi connectivity index (χ2n) is 6.94. The summed E-state index contributed by atoms with van der Waals surface area (Å²) in [5.41, 5.74) is 0.768. The minimum atomic E-state index is -0.436. The lowest BCUT2D eigenvalue weighted by atomic mass is 10.1. The molecule has 158 valence electrons. The number of unbranched alkanes of at least 4 members (excludes halogenated alkanes) is 2. The minimum absolute atomic E-state index is 0.0302. The SMILES string of the molecule is CCCCN=C1S/C(=C/c2ccc(-c3ccc([N+](=O)[O-])cc3)o2)C(=O)N1CCCC. The Balaban J connectivity index is 1.79. The standard InChI is InChI=1S/C22H25N3O4S/c1-3-5-13-23-22-24(14-6-4-2)21(26)20(30-22)15-18-11-12-19(29-18)16-7-9-17(10-8-16)25(27)28/h7-12,15H,3-6,13-14H2,1-2H3/b20-15+,23-22?. The maximum atomic E-state index is 12.9. The van der Waals surface area contributed by atoms with Gasteiger partial charge in [0.1, 0.15) is 11.5 Å². The molecule has 0 spiro atoms. The van der Waals surface area contributed by atoms with E-state index in [1.807, 2.05) is 0 Å². The van der Waals surface area contributed by atoms with Crippen molar-refractivity contribution in [3.8, 4) is 11.3 Å². The third kappa shape index (κ3) is 5.18. The predicted octanol–water partition coefficient (Wildman–Crippen LogP) is 5.73. The number of nitro groups is 1. The molecule has 30 heavy (non-hydrogen) atoms. The highest BCUT2D eigenvalue weighted by Gasteiger charge is 2.32. The number of non-ortho nitro benzene ring substituents is 1. The molecule has 1 amide bonds. The van der Waals surface area contributed by atoms with Crippen LogP contribution in [-0.2, 0) is 4.79 Å². The largest absolute Gasteiger partial charge is 0.457 e. The van der Waals surface area contributed by atoms with Crippen molar-refractivity contribution in [1.82, 2.24) is 4.90 Å². The zero-order valence-corrected chi connectivity index (χ0v) is 18.0. The van der Waals surface area contributed by atoms with Gasteiger partial charge in [0.25, 0.3) is 11.6 Å². The van der Waals surface area contributed by atoms with Crippen LogP contribution in [0.4, 0.5) is 5.69 Å². The van der Waals surface area contributed by atoms with Crippen LogP contribution in [0.2, 0.25) is 0 Å². The minimum Gasteiger partial charge on any atom is -0.457 e. The molecule has 0 unspecified atom stereocenters. The van der Waals surface area contributed by atoms with Crippen LogP contribution in [0, 0.1) is 10.1 Å². The first kappa shape index (κ1) is 21.8. The molecule has 1 aromatic heterocycles. The Labute approximate surface area is 180 Å². The van der Waals surface area contributed by atoms with E-state index in [-0.39, 0.29) is 11.6 Å². The third-order valence-electron chi connectivity index (χ3n) is 4.64. The van der Waals surface area contributed by atoms with Crippen LogP contribution in [0.3, 0.4) is 0 Å². The summed E-state index contributed by atoms with van der Waals surface area (Å²) in [6.07, 6.45) is 5.73. The second-order valence-corrected chi connectivity index (χ2v) is 7.95. The summed E-state index contributed by atoms with van der Waals surface area (Å²) in [7, 11) is 0. The quantitative estimate of drug-likeness (QED) is 0.221. The van der Waals surface area contributed by atoms with Crippen LogP contribution >= 0.6 is 11.8 Å². The van der Waals surface area contributed by atoms with E-state index in [0.717, 1.165) is 36.4 Å². The lowest BCUT2D eigenvalue weighted by molar-refractivity contribution is -0.384. The fourth-order valence-electron chi connectivity index (χ4n) is 2.93. The number of amides is 1. The van der Waals surface area contributed by atoms with Gasteiger partial charge in [-0.05, 0) is 48.9 Å². The molecule has 1 aliphatic rings. The van der Waals surface area contributed by atoms with Gasteiger partial charge in [0.2, 0.25) is 0 Å². The molecule has 7 nitrogen and oxygen atoms in total. The van der Waals surface area contributed by atoms with Gasteiger partial charge in [0.05, 0.1) is 9.83 Å². The molecule has 0 bridgehead atoms. The van der Waals surface area contributed by atoms with E-state index >= 15 is 0 Å². The van der Waals surface area contributed by atoms with Gasteiger partial charge in [-0.3, -0.25) is 24.8 Å². The van der Waals surface area contributed by atoms with Crippen molar-refractivity contribution in [2.24, 2.45) is 4.99 Å². The maximum Gasteiger partial charge on any atom is 0.269 e. The number of nitro benzene ring substituents is 1. The summed E-state index contributed by atoms with van der Waals surface area (Å²) < 4.78 is 5.86. The van der Waals surface area contributed by atoms with E-state index in [4.69, 9.17) is 4.42 Å². The number of amidine groups is 1. The average molecular weight is 428 g/mol. The summed E-state index contributed by atoms with van der Waals surface area (Å²) in [4.78, 5) is 30.2. The topological polar surface area (TPSA) is 89.0 Å². The van der Waals surface area contributed by atoms with E-state index in [0.29, 0.717) is 29.5 Å². The summed E-state index contributed by atoms with van der Waals surface area (Å²) in [5, 5.41) is 11.6. The normalized spacial score (nSPS) is 16.7. The first-order chi connectivity index (χ1) is 14.5. The first-order valence-corrected chi connectivity index (χ1v) is 11.0.